The van der Waals surface area contributed by atoms with E-state index in [9.17, 15) is 4.79 Å². The van der Waals surface area contributed by atoms with Crippen molar-refractivity contribution in [2.45, 2.75) is 57.4 Å². The molecule has 0 aromatic carbocycles. The fourth-order valence-electron chi connectivity index (χ4n) is 2.89. The summed E-state index contributed by atoms with van der Waals surface area (Å²) in [7, 11) is 0. The Morgan fingerprint density at radius 1 is 1.18 bits per heavy atom. The zero-order valence-corrected chi connectivity index (χ0v) is 10.00. The molecule has 1 saturated carbocycles. The molecule has 2 aliphatic carbocycles. The van der Waals surface area contributed by atoms with Crippen LogP contribution in [0.25, 0.3) is 0 Å². The van der Waals surface area contributed by atoms with Gasteiger partial charge >= 0.3 is 0 Å². The number of amides is 1. The van der Waals surface area contributed by atoms with Gasteiger partial charge in [0.25, 0.3) is 5.91 Å². The highest BCUT2D eigenvalue weighted by Gasteiger charge is 2.26. The van der Waals surface area contributed by atoms with Crippen LogP contribution in [-0.2, 0) is 12.8 Å². The van der Waals surface area contributed by atoms with Gasteiger partial charge in [-0.25, -0.2) is 0 Å². The first-order chi connectivity index (χ1) is 8.34. The van der Waals surface area contributed by atoms with Crippen LogP contribution in [0.15, 0.2) is 4.52 Å². The first kappa shape index (κ1) is 10.8. The maximum atomic E-state index is 12.1. The zero-order valence-electron chi connectivity index (χ0n) is 10.00. The molecule has 1 aromatic rings. The number of hydrogen-bond acceptors (Lipinski definition) is 3. The van der Waals surface area contributed by atoms with E-state index in [0.29, 0.717) is 11.7 Å². The molecule has 0 saturated heterocycles. The highest BCUT2D eigenvalue weighted by Crippen LogP contribution is 2.25. The van der Waals surface area contributed by atoms with Crippen molar-refractivity contribution in [3.05, 3.63) is 17.0 Å². The van der Waals surface area contributed by atoms with Crippen LogP contribution in [0.2, 0.25) is 0 Å². The summed E-state index contributed by atoms with van der Waals surface area (Å²) in [5.41, 5.74) is 1.58. The molecule has 1 aromatic heterocycles. The molecule has 0 unspecified atom stereocenters. The molecule has 2 aliphatic rings. The third-order valence-corrected chi connectivity index (χ3v) is 3.86. The van der Waals surface area contributed by atoms with Crippen molar-refractivity contribution in [3.8, 4) is 0 Å². The van der Waals surface area contributed by atoms with Crippen molar-refractivity contribution < 1.29 is 9.32 Å². The summed E-state index contributed by atoms with van der Waals surface area (Å²) in [4.78, 5) is 12.1. The van der Waals surface area contributed by atoms with E-state index in [-0.39, 0.29) is 5.91 Å². The van der Waals surface area contributed by atoms with Crippen LogP contribution in [-0.4, -0.2) is 17.1 Å². The van der Waals surface area contributed by atoms with Crippen molar-refractivity contribution in [3.63, 3.8) is 0 Å². The van der Waals surface area contributed by atoms with Crippen molar-refractivity contribution in [1.29, 1.82) is 0 Å². The van der Waals surface area contributed by atoms with Gasteiger partial charge in [-0.15, -0.1) is 0 Å². The van der Waals surface area contributed by atoms with Gasteiger partial charge in [0.15, 0.2) is 5.69 Å². The molecule has 1 heterocycles. The summed E-state index contributed by atoms with van der Waals surface area (Å²) in [6, 6.07) is 0.346. The van der Waals surface area contributed by atoms with E-state index in [1.807, 2.05) is 0 Å². The van der Waals surface area contributed by atoms with E-state index < -0.39 is 0 Å². The summed E-state index contributed by atoms with van der Waals surface area (Å²) >= 11 is 0. The molecule has 1 fully saturated rings. The Hall–Kier alpha value is -1.32. The van der Waals surface area contributed by atoms with E-state index in [4.69, 9.17) is 4.52 Å². The average Bonchev–Trinajstić information content (AvgIpc) is 2.96. The first-order valence-corrected chi connectivity index (χ1v) is 6.63. The number of rotatable bonds is 2. The van der Waals surface area contributed by atoms with Crippen LogP contribution in [0.1, 0.15) is 60.3 Å². The number of hydrogen-bond donors (Lipinski definition) is 1. The Labute approximate surface area is 101 Å². The largest absolute Gasteiger partial charge is 0.360 e. The minimum atomic E-state index is -0.0381. The van der Waals surface area contributed by atoms with Gasteiger partial charge in [-0.3, -0.25) is 4.79 Å². The average molecular weight is 234 g/mol. The first-order valence-electron chi connectivity index (χ1n) is 6.63. The van der Waals surface area contributed by atoms with Gasteiger partial charge < -0.3 is 9.84 Å². The van der Waals surface area contributed by atoms with Crippen molar-refractivity contribution in [2.24, 2.45) is 0 Å². The van der Waals surface area contributed by atoms with E-state index in [1.54, 1.807) is 0 Å². The lowest BCUT2D eigenvalue weighted by atomic mass is 9.96. The summed E-state index contributed by atoms with van der Waals surface area (Å²) < 4.78 is 5.26. The summed E-state index contributed by atoms with van der Waals surface area (Å²) in [6.45, 7) is 0. The second-order valence-corrected chi connectivity index (χ2v) is 5.09. The van der Waals surface area contributed by atoms with Crippen molar-refractivity contribution >= 4 is 5.91 Å². The molecule has 4 nitrogen and oxygen atoms in total. The minimum absolute atomic E-state index is 0.0381. The second-order valence-electron chi connectivity index (χ2n) is 5.09. The molecule has 0 spiro atoms. The number of carbonyl (C=O) groups excluding carboxylic acids is 1. The third kappa shape index (κ3) is 2.08. The molecular formula is C13H18N2O2. The predicted octanol–water partition coefficient (Wildman–Crippen LogP) is 2.23. The van der Waals surface area contributed by atoms with Crippen LogP contribution in [0.3, 0.4) is 0 Å². The third-order valence-electron chi connectivity index (χ3n) is 3.86. The minimum Gasteiger partial charge on any atom is -0.360 e. The van der Waals surface area contributed by atoms with Gasteiger partial charge in [0.1, 0.15) is 5.76 Å². The molecule has 3 rings (SSSR count). The molecule has 17 heavy (non-hydrogen) atoms. The highest BCUT2D eigenvalue weighted by atomic mass is 16.5. The Morgan fingerprint density at radius 3 is 2.76 bits per heavy atom. The van der Waals surface area contributed by atoms with Gasteiger partial charge in [0, 0.05) is 18.0 Å². The van der Waals surface area contributed by atoms with Gasteiger partial charge in [-0.1, -0.05) is 18.0 Å². The maximum absolute atomic E-state index is 12.1. The second kappa shape index (κ2) is 4.51. The Kier molecular flexibility index (Phi) is 2.87. The Bertz CT molecular complexity index is 419. The van der Waals surface area contributed by atoms with Gasteiger partial charge in [-0.05, 0) is 32.1 Å². The van der Waals surface area contributed by atoms with Crippen LogP contribution in [0.5, 0.6) is 0 Å². The van der Waals surface area contributed by atoms with Crippen LogP contribution >= 0.6 is 0 Å². The van der Waals surface area contributed by atoms with Crippen LogP contribution < -0.4 is 5.32 Å². The van der Waals surface area contributed by atoms with E-state index in [2.05, 4.69) is 10.5 Å². The SMILES string of the molecule is O=C(NC1CCCC1)c1noc2c1CCCC2. The molecule has 0 radical (unpaired) electrons. The number of aryl methyl sites for hydroxylation is 1. The van der Waals surface area contributed by atoms with Gasteiger partial charge in [-0.2, -0.15) is 0 Å². The fraction of sp³-hybridized carbons (Fsp3) is 0.692. The topological polar surface area (TPSA) is 55.1 Å². The van der Waals surface area contributed by atoms with Gasteiger partial charge in [0.05, 0.1) is 0 Å². The molecule has 0 atom stereocenters. The Balaban J connectivity index is 1.74. The lowest BCUT2D eigenvalue weighted by Crippen LogP contribution is -2.33. The summed E-state index contributed by atoms with van der Waals surface area (Å²) in [5, 5.41) is 7.02. The monoisotopic (exact) mass is 234 g/mol. The zero-order chi connectivity index (χ0) is 11.7. The predicted molar refractivity (Wildman–Crippen MR) is 62.9 cm³/mol. The van der Waals surface area contributed by atoms with Gasteiger partial charge in [0.2, 0.25) is 0 Å². The van der Waals surface area contributed by atoms with Crippen molar-refractivity contribution in [2.75, 3.05) is 0 Å². The lowest BCUT2D eigenvalue weighted by Gasteiger charge is -2.12. The normalized spacial score (nSPS) is 20.2. The quantitative estimate of drug-likeness (QED) is 0.853. The number of fused-ring (bicyclic) bond motifs is 1. The molecule has 0 bridgehead atoms. The number of nitrogens with zero attached hydrogens (tertiary/aromatic N) is 1. The van der Waals surface area contributed by atoms with E-state index in [1.165, 1.54) is 12.8 Å². The summed E-state index contributed by atoms with van der Waals surface area (Å²) in [6.07, 6.45) is 8.80. The number of aromatic nitrogens is 1. The highest BCUT2D eigenvalue weighted by molar-refractivity contribution is 5.94. The van der Waals surface area contributed by atoms with Crippen LogP contribution in [0.4, 0.5) is 0 Å². The molecule has 1 amide bonds. The fourth-order valence-corrected chi connectivity index (χ4v) is 2.89. The molecular weight excluding hydrogens is 216 g/mol. The Morgan fingerprint density at radius 2 is 1.94 bits per heavy atom. The molecule has 4 heteroatoms. The maximum Gasteiger partial charge on any atom is 0.273 e. The standard InChI is InChI=1S/C13H18N2O2/c16-13(14-9-5-1-2-6-9)12-10-7-3-4-8-11(10)17-15-12/h9H,1-8H2,(H,14,16). The smallest absolute Gasteiger partial charge is 0.273 e. The van der Waals surface area contributed by atoms with E-state index in [0.717, 1.165) is 49.8 Å². The van der Waals surface area contributed by atoms with E-state index >= 15 is 0 Å². The molecule has 1 N–H and O–H groups in total. The lowest BCUT2D eigenvalue weighted by molar-refractivity contribution is 0.0928. The molecule has 92 valence electrons. The summed E-state index contributed by atoms with van der Waals surface area (Å²) in [5.74, 6) is 0.886. The number of nitrogens with one attached hydrogen (secondary N) is 1. The van der Waals surface area contributed by atoms with Crippen LogP contribution in [0, 0.1) is 0 Å². The molecule has 0 aliphatic heterocycles. The number of carbonyl (C=O) groups is 1. The van der Waals surface area contributed by atoms with Crippen molar-refractivity contribution in [1.82, 2.24) is 10.5 Å².